The Balaban J connectivity index is 2.07. The van der Waals surface area contributed by atoms with Crippen molar-refractivity contribution in [2.45, 2.75) is 13.0 Å². The van der Waals surface area contributed by atoms with Crippen molar-refractivity contribution in [1.29, 1.82) is 0 Å². The lowest BCUT2D eigenvalue weighted by molar-refractivity contribution is 0.352. The van der Waals surface area contributed by atoms with E-state index in [1.807, 2.05) is 12.1 Å². The number of ether oxygens (including phenoxy) is 1. The molecule has 0 aliphatic carbocycles. The molecule has 0 amide bonds. The van der Waals surface area contributed by atoms with Crippen LogP contribution in [0.1, 0.15) is 11.1 Å². The van der Waals surface area contributed by atoms with Gasteiger partial charge in [-0.1, -0.05) is 11.6 Å². The molecular formula is C14H10Br2ClNO2. The van der Waals surface area contributed by atoms with Gasteiger partial charge in [0.15, 0.2) is 0 Å². The second-order valence-corrected chi connectivity index (χ2v) is 6.80. The molecule has 0 N–H and O–H groups in total. The molecule has 0 unspecified atom stereocenters. The predicted molar refractivity (Wildman–Crippen MR) is 85.9 cm³/mol. The highest BCUT2D eigenvalue weighted by Gasteiger charge is 2.18. The highest BCUT2D eigenvalue weighted by molar-refractivity contribution is 9.11. The maximum Gasteiger partial charge on any atom is 0.265 e. The Morgan fingerprint density at radius 2 is 2.10 bits per heavy atom. The van der Waals surface area contributed by atoms with Gasteiger partial charge in [-0.05, 0) is 55.6 Å². The Kier molecular flexibility index (Phi) is 3.93. The van der Waals surface area contributed by atoms with Crippen LogP contribution in [0.3, 0.4) is 0 Å². The fourth-order valence-corrected chi connectivity index (χ4v) is 3.85. The van der Waals surface area contributed by atoms with Gasteiger partial charge in [-0.3, -0.25) is 4.79 Å². The van der Waals surface area contributed by atoms with Gasteiger partial charge in [0.2, 0.25) is 0 Å². The van der Waals surface area contributed by atoms with Crippen LogP contribution < -0.4 is 10.3 Å². The zero-order valence-corrected chi connectivity index (χ0v) is 14.3. The van der Waals surface area contributed by atoms with Gasteiger partial charge in [0.05, 0.1) is 17.6 Å². The molecule has 3 rings (SSSR count). The Labute approximate surface area is 137 Å². The molecule has 0 saturated heterocycles. The van der Waals surface area contributed by atoms with Crippen LogP contribution in [-0.2, 0) is 13.0 Å². The van der Waals surface area contributed by atoms with Crippen molar-refractivity contribution in [2.75, 3.05) is 6.61 Å². The van der Waals surface area contributed by atoms with Crippen LogP contribution in [0.25, 0.3) is 0 Å². The van der Waals surface area contributed by atoms with Crippen molar-refractivity contribution in [3.63, 3.8) is 0 Å². The van der Waals surface area contributed by atoms with E-state index in [2.05, 4.69) is 31.9 Å². The molecule has 1 aliphatic heterocycles. The van der Waals surface area contributed by atoms with Gasteiger partial charge in [-0.2, -0.15) is 0 Å². The van der Waals surface area contributed by atoms with Crippen molar-refractivity contribution in [3.8, 4) is 5.75 Å². The van der Waals surface area contributed by atoms with E-state index in [9.17, 15) is 4.79 Å². The minimum Gasteiger partial charge on any atom is -0.493 e. The summed E-state index contributed by atoms with van der Waals surface area (Å²) in [5.74, 6) is 0.859. The fourth-order valence-electron chi connectivity index (χ4n) is 2.33. The Morgan fingerprint density at radius 1 is 1.30 bits per heavy atom. The Morgan fingerprint density at radius 3 is 2.90 bits per heavy atom. The maximum absolute atomic E-state index is 12.1. The predicted octanol–water partition coefficient (Wildman–Crippen LogP) is 4.01. The molecular weight excluding hydrogens is 409 g/mol. The summed E-state index contributed by atoms with van der Waals surface area (Å²) in [5, 5.41) is 0.673. The third kappa shape index (κ3) is 2.67. The molecule has 104 valence electrons. The largest absolute Gasteiger partial charge is 0.493 e. The van der Waals surface area contributed by atoms with Gasteiger partial charge in [0, 0.05) is 27.7 Å². The number of rotatable bonds is 2. The van der Waals surface area contributed by atoms with Gasteiger partial charge in [0.25, 0.3) is 5.56 Å². The lowest BCUT2D eigenvalue weighted by Crippen LogP contribution is -2.21. The third-order valence-electron chi connectivity index (χ3n) is 3.17. The van der Waals surface area contributed by atoms with E-state index in [0.717, 1.165) is 27.8 Å². The molecule has 0 atom stereocenters. The van der Waals surface area contributed by atoms with Gasteiger partial charge in [-0.25, -0.2) is 0 Å². The number of benzene rings is 1. The molecule has 0 spiro atoms. The number of fused-ring (bicyclic) bond motifs is 1. The molecule has 1 aromatic heterocycles. The molecule has 2 aromatic rings. The highest BCUT2D eigenvalue weighted by atomic mass is 79.9. The summed E-state index contributed by atoms with van der Waals surface area (Å²) in [6.07, 6.45) is 2.62. The monoisotopic (exact) mass is 417 g/mol. The standard InChI is InChI=1S/C14H10Br2ClNO2/c15-10-5-12(16)14(19)18(7-10)6-9-4-11(17)3-8-1-2-20-13(8)9/h3-5,7H,1-2,6H2. The van der Waals surface area contributed by atoms with Crippen LogP contribution in [0.2, 0.25) is 5.02 Å². The summed E-state index contributed by atoms with van der Waals surface area (Å²) in [4.78, 5) is 12.1. The molecule has 1 aromatic carbocycles. The van der Waals surface area contributed by atoms with E-state index in [1.54, 1.807) is 16.8 Å². The normalized spacial score (nSPS) is 13.2. The number of hydrogen-bond acceptors (Lipinski definition) is 2. The number of nitrogens with zero attached hydrogens (tertiary/aromatic N) is 1. The van der Waals surface area contributed by atoms with E-state index in [1.165, 1.54) is 0 Å². The number of pyridine rings is 1. The van der Waals surface area contributed by atoms with E-state index < -0.39 is 0 Å². The van der Waals surface area contributed by atoms with E-state index in [4.69, 9.17) is 16.3 Å². The van der Waals surface area contributed by atoms with Crippen molar-refractivity contribution in [1.82, 2.24) is 4.57 Å². The first-order chi connectivity index (χ1) is 9.54. The van der Waals surface area contributed by atoms with Crippen LogP contribution in [0.4, 0.5) is 0 Å². The van der Waals surface area contributed by atoms with E-state index in [0.29, 0.717) is 22.6 Å². The quantitative estimate of drug-likeness (QED) is 0.737. The van der Waals surface area contributed by atoms with E-state index in [-0.39, 0.29) is 5.56 Å². The van der Waals surface area contributed by atoms with Gasteiger partial charge < -0.3 is 9.30 Å². The van der Waals surface area contributed by atoms with Crippen molar-refractivity contribution < 1.29 is 4.74 Å². The van der Waals surface area contributed by atoms with Crippen LogP contribution in [0.15, 0.2) is 38.1 Å². The smallest absolute Gasteiger partial charge is 0.265 e. The summed E-state index contributed by atoms with van der Waals surface area (Å²) >= 11 is 12.8. The number of aromatic nitrogens is 1. The van der Waals surface area contributed by atoms with Crippen molar-refractivity contribution >= 4 is 43.5 Å². The SMILES string of the molecule is O=c1c(Br)cc(Br)cn1Cc1cc(Cl)cc2c1OCC2. The van der Waals surface area contributed by atoms with Crippen molar-refractivity contribution in [3.05, 3.63) is 59.8 Å². The Bertz CT molecular complexity index is 743. The third-order valence-corrected chi connectivity index (χ3v) is 4.39. The zero-order valence-electron chi connectivity index (χ0n) is 10.3. The minimum atomic E-state index is -0.0834. The van der Waals surface area contributed by atoms with Crippen molar-refractivity contribution in [2.24, 2.45) is 0 Å². The lowest BCUT2D eigenvalue weighted by Gasteiger charge is -2.11. The second-order valence-electron chi connectivity index (χ2n) is 4.59. The first-order valence-electron chi connectivity index (χ1n) is 6.04. The molecule has 20 heavy (non-hydrogen) atoms. The topological polar surface area (TPSA) is 31.2 Å². The summed E-state index contributed by atoms with van der Waals surface area (Å²) in [6.45, 7) is 1.10. The minimum absolute atomic E-state index is 0.0834. The van der Waals surface area contributed by atoms with Gasteiger partial charge in [0.1, 0.15) is 5.75 Å². The second kappa shape index (κ2) is 5.54. The summed E-state index contributed by atoms with van der Waals surface area (Å²) < 4.78 is 8.64. The fraction of sp³-hybridized carbons (Fsp3) is 0.214. The van der Waals surface area contributed by atoms with Gasteiger partial charge >= 0.3 is 0 Å². The average Bonchev–Trinajstić information content (AvgIpc) is 2.83. The number of hydrogen-bond donors (Lipinski definition) is 0. The summed E-state index contributed by atoms with van der Waals surface area (Å²) in [6, 6.07) is 5.51. The van der Waals surface area contributed by atoms with Crippen LogP contribution in [0.5, 0.6) is 5.75 Å². The molecule has 0 saturated carbocycles. The molecule has 6 heteroatoms. The van der Waals surface area contributed by atoms with Crippen LogP contribution in [0, 0.1) is 0 Å². The molecule has 0 fully saturated rings. The molecule has 0 bridgehead atoms. The lowest BCUT2D eigenvalue weighted by atomic mass is 10.1. The van der Waals surface area contributed by atoms with Crippen LogP contribution in [-0.4, -0.2) is 11.2 Å². The molecule has 3 nitrogen and oxygen atoms in total. The first kappa shape index (κ1) is 14.2. The van der Waals surface area contributed by atoms with Crippen LogP contribution >= 0.6 is 43.5 Å². The zero-order chi connectivity index (χ0) is 14.3. The van der Waals surface area contributed by atoms with E-state index >= 15 is 0 Å². The Hall–Kier alpha value is -0.780. The maximum atomic E-state index is 12.1. The highest BCUT2D eigenvalue weighted by Crippen LogP contribution is 2.33. The summed E-state index contributed by atoms with van der Waals surface area (Å²) in [7, 11) is 0. The molecule has 1 aliphatic rings. The summed E-state index contributed by atoms with van der Waals surface area (Å²) in [5.41, 5.74) is 1.95. The first-order valence-corrected chi connectivity index (χ1v) is 8.00. The molecule has 0 radical (unpaired) electrons. The van der Waals surface area contributed by atoms with Gasteiger partial charge in [-0.15, -0.1) is 0 Å². The molecule has 2 heterocycles. The number of halogens is 3. The average molecular weight is 420 g/mol.